The van der Waals surface area contributed by atoms with Gasteiger partial charge >= 0.3 is 0 Å². The third-order valence-corrected chi connectivity index (χ3v) is 4.63. The van der Waals surface area contributed by atoms with E-state index in [1.54, 1.807) is 19.2 Å². The second-order valence-electron chi connectivity index (χ2n) is 6.68. The number of hydrogen-bond acceptors (Lipinski definition) is 4. The summed E-state index contributed by atoms with van der Waals surface area (Å²) in [5.41, 5.74) is 1.40. The zero-order valence-corrected chi connectivity index (χ0v) is 15.7. The number of nitrogens with one attached hydrogen (secondary N) is 2. The van der Waals surface area contributed by atoms with E-state index in [4.69, 9.17) is 9.47 Å². The van der Waals surface area contributed by atoms with E-state index in [1.807, 2.05) is 6.92 Å². The summed E-state index contributed by atoms with van der Waals surface area (Å²) in [5.74, 6) is 0.436. The Labute approximate surface area is 154 Å². The molecule has 7 heteroatoms. The van der Waals surface area contributed by atoms with Gasteiger partial charge in [0.05, 0.1) is 19.8 Å². The van der Waals surface area contributed by atoms with Crippen LogP contribution < -0.4 is 10.6 Å². The van der Waals surface area contributed by atoms with E-state index < -0.39 is 0 Å². The molecule has 1 saturated heterocycles. The lowest BCUT2D eigenvalue weighted by atomic mass is 9.84. The van der Waals surface area contributed by atoms with Gasteiger partial charge in [-0.25, -0.2) is 9.38 Å². The lowest BCUT2D eigenvalue weighted by molar-refractivity contribution is 0.127. The van der Waals surface area contributed by atoms with Crippen LogP contribution in [0.4, 0.5) is 4.39 Å². The van der Waals surface area contributed by atoms with Gasteiger partial charge < -0.3 is 25.2 Å². The standard InChI is InChI=1S/C19H30FN3O3/c1-3-21-18(23-13-19(6-8-24)7-9-26-14-19)22-11-15-4-5-17(20)16(10-15)12-25-2/h4-5,10,24H,3,6-9,11-14H2,1-2H3,(H2,21,22,23). The molecule has 146 valence electrons. The van der Waals surface area contributed by atoms with Crippen LogP contribution in [0.1, 0.15) is 30.9 Å². The topological polar surface area (TPSA) is 75.1 Å². The molecule has 0 radical (unpaired) electrons. The van der Waals surface area contributed by atoms with Gasteiger partial charge in [-0.2, -0.15) is 0 Å². The maximum absolute atomic E-state index is 13.7. The number of rotatable bonds is 9. The van der Waals surface area contributed by atoms with Crippen LogP contribution in [0.25, 0.3) is 0 Å². The lowest BCUT2D eigenvalue weighted by Gasteiger charge is -2.27. The van der Waals surface area contributed by atoms with Gasteiger partial charge in [-0.05, 0) is 37.5 Å². The van der Waals surface area contributed by atoms with Crippen LogP contribution in [-0.4, -0.2) is 51.1 Å². The van der Waals surface area contributed by atoms with Crippen molar-refractivity contribution in [3.8, 4) is 0 Å². The SMILES string of the molecule is CCNC(=NCc1ccc(F)c(COC)c1)NCC1(CCO)CCOC1. The number of nitrogens with zero attached hydrogens (tertiary/aromatic N) is 1. The van der Waals surface area contributed by atoms with Gasteiger partial charge in [0.25, 0.3) is 0 Å². The molecule has 0 aromatic heterocycles. The van der Waals surface area contributed by atoms with Gasteiger partial charge in [0, 0.05) is 44.4 Å². The van der Waals surface area contributed by atoms with Crippen LogP contribution in [0, 0.1) is 11.2 Å². The van der Waals surface area contributed by atoms with Crippen molar-refractivity contribution in [1.29, 1.82) is 0 Å². The number of aliphatic hydroxyl groups excluding tert-OH is 1. The fraction of sp³-hybridized carbons (Fsp3) is 0.632. The van der Waals surface area contributed by atoms with E-state index in [1.165, 1.54) is 6.07 Å². The largest absolute Gasteiger partial charge is 0.396 e. The molecule has 0 aliphatic carbocycles. The Morgan fingerprint density at radius 3 is 2.92 bits per heavy atom. The van der Waals surface area contributed by atoms with Crippen molar-refractivity contribution in [3.63, 3.8) is 0 Å². The first-order chi connectivity index (χ1) is 12.6. The molecule has 0 saturated carbocycles. The minimum atomic E-state index is -0.267. The van der Waals surface area contributed by atoms with Crippen LogP contribution in [0.3, 0.4) is 0 Å². The van der Waals surface area contributed by atoms with E-state index in [-0.39, 0.29) is 24.4 Å². The summed E-state index contributed by atoms with van der Waals surface area (Å²) in [5, 5.41) is 15.9. The van der Waals surface area contributed by atoms with Crippen LogP contribution in [-0.2, 0) is 22.6 Å². The highest BCUT2D eigenvalue weighted by atomic mass is 19.1. The fourth-order valence-electron chi connectivity index (χ4n) is 3.09. The van der Waals surface area contributed by atoms with E-state index in [9.17, 15) is 9.50 Å². The van der Waals surface area contributed by atoms with E-state index in [0.717, 1.165) is 25.1 Å². The van der Waals surface area contributed by atoms with Gasteiger partial charge in [0.1, 0.15) is 5.82 Å². The number of guanidine groups is 1. The molecule has 1 aliphatic rings. The molecule has 0 amide bonds. The highest BCUT2D eigenvalue weighted by Crippen LogP contribution is 2.31. The minimum Gasteiger partial charge on any atom is -0.396 e. The zero-order valence-electron chi connectivity index (χ0n) is 15.7. The van der Waals surface area contributed by atoms with Crippen molar-refractivity contribution in [2.45, 2.75) is 32.9 Å². The normalized spacial score (nSPS) is 20.4. The summed E-state index contributed by atoms with van der Waals surface area (Å²) in [6, 6.07) is 4.97. The van der Waals surface area contributed by atoms with Crippen LogP contribution in [0.5, 0.6) is 0 Å². The summed E-state index contributed by atoms with van der Waals surface area (Å²) >= 11 is 0. The maximum Gasteiger partial charge on any atom is 0.191 e. The van der Waals surface area contributed by atoms with Crippen molar-refractivity contribution in [2.24, 2.45) is 10.4 Å². The molecular weight excluding hydrogens is 337 g/mol. The van der Waals surface area contributed by atoms with E-state index in [0.29, 0.717) is 37.6 Å². The Balaban J connectivity index is 2.00. The molecule has 0 spiro atoms. The van der Waals surface area contributed by atoms with Crippen molar-refractivity contribution >= 4 is 5.96 Å². The second kappa shape index (κ2) is 10.4. The molecule has 6 nitrogen and oxygen atoms in total. The number of aliphatic imine (C=N–C) groups is 1. The molecule has 1 aromatic carbocycles. The number of aliphatic hydroxyl groups is 1. The van der Waals surface area contributed by atoms with Crippen molar-refractivity contribution in [2.75, 3.05) is 40.0 Å². The Hall–Kier alpha value is -1.70. The fourth-order valence-corrected chi connectivity index (χ4v) is 3.09. The first-order valence-electron chi connectivity index (χ1n) is 9.09. The van der Waals surface area contributed by atoms with E-state index in [2.05, 4.69) is 15.6 Å². The smallest absolute Gasteiger partial charge is 0.191 e. The first kappa shape index (κ1) is 20.6. The first-order valence-corrected chi connectivity index (χ1v) is 9.09. The molecule has 1 atom stereocenters. The highest BCUT2D eigenvalue weighted by molar-refractivity contribution is 5.79. The summed E-state index contributed by atoms with van der Waals surface area (Å²) in [4.78, 5) is 4.59. The molecule has 1 unspecified atom stereocenters. The predicted molar refractivity (Wildman–Crippen MR) is 99.5 cm³/mol. The third-order valence-electron chi connectivity index (χ3n) is 4.63. The van der Waals surface area contributed by atoms with Gasteiger partial charge in [0.2, 0.25) is 0 Å². The zero-order chi connectivity index (χ0) is 18.8. The molecule has 1 aromatic rings. The Bertz CT molecular complexity index is 589. The molecule has 0 bridgehead atoms. The van der Waals surface area contributed by atoms with Crippen molar-refractivity contribution < 1.29 is 19.0 Å². The summed E-state index contributed by atoms with van der Waals surface area (Å²) in [6.45, 7) is 5.66. The monoisotopic (exact) mass is 367 g/mol. The Kier molecular flexibility index (Phi) is 8.28. The van der Waals surface area contributed by atoms with Gasteiger partial charge in [-0.15, -0.1) is 0 Å². The average Bonchev–Trinajstić information content (AvgIpc) is 3.09. The highest BCUT2D eigenvalue weighted by Gasteiger charge is 2.34. The lowest BCUT2D eigenvalue weighted by Crippen LogP contribution is -2.44. The number of hydrogen-bond donors (Lipinski definition) is 3. The molecule has 1 heterocycles. The minimum absolute atomic E-state index is 0.0492. The van der Waals surface area contributed by atoms with Gasteiger partial charge in [0.15, 0.2) is 5.96 Å². The molecule has 2 rings (SSSR count). The predicted octanol–water partition coefficient (Wildman–Crippen LogP) is 1.82. The molecule has 26 heavy (non-hydrogen) atoms. The Morgan fingerprint density at radius 2 is 2.27 bits per heavy atom. The van der Waals surface area contributed by atoms with Crippen molar-refractivity contribution in [1.82, 2.24) is 10.6 Å². The molecule has 1 fully saturated rings. The van der Waals surface area contributed by atoms with Crippen LogP contribution in [0.15, 0.2) is 23.2 Å². The second-order valence-corrected chi connectivity index (χ2v) is 6.68. The third kappa shape index (κ3) is 5.93. The number of methoxy groups -OCH3 is 1. The Morgan fingerprint density at radius 1 is 1.42 bits per heavy atom. The summed E-state index contributed by atoms with van der Waals surface area (Å²) in [7, 11) is 1.55. The molecular formula is C19H30FN3O3. The van der Waals surface area contributed by atoms with Crippen LogP contribution in [0.2, 0.25) is 0 Å². The van der Waals surface area contributed by atoms with Gasteiger partial charge in [-0.1, -0.05) is 6.07 Å². The average molecular weight is 367 g/mol. The summed E-state index contributed by atoms with van der Waals surface area (Å²) in [6.07, 6.45) is 1.63. The maximum atomic E-state index is 13.7. The number of benzene rings is 1. The van der Waals surface area contributed by atoms with E-state index >= 15 is 0 Å². The molecule has 1 aliphatic heterocycles. The summed E-state index contributed by atoms with van der Waals surface area (Å²) < 4.78 is 24.3. The van der Waals surface area contributed by atoms with Gasteiger partial charge in [-0.3, -0.25) is 0 Å². The van der Waals surface area contributed by atoms with Crippen molar-refractivity contribution in [3.05, 3.63) is 35.1 Å². The quantitative estimate of drug-likeness (QED) is 0.459. The van der Waals surface area contributed by atoms with Crippen LogP contribution >= 0.6 is 0 Å². The number of ether oxygens (including phenoxy) is 2. The number of halogens is 1. The molecule has 3 N–H and O–H groups in total.